The lowest BCUT2D eigenvalue weighted by Gasteiger charge is -2.20. The van der Waals surface area contributed by atoms with Crippen LogP contribution < -0.4 is 4.90 Å². The normalized spacial score (nSPS) is 13.3. The van der Waals surface area contributed by atoms with Crippen LogP contribution in [-0.4, -0.2) is 34.2 Å². The van der Waals surface area contributed by atoms with Crippen LogP contribution in [-0.2, 0) is 27.5 Å². The second-order valence-electron chi connectivity index (χ2n) is 8.46. The zero-order valence-electron chi connectivity index (χ0n) is 19.5. The van der Waals surface area contributed by atoms with Gasteiger partial charge in [-0.15, -0.1) is 11.3 Å². The fraction of sp³-hybridized carbons (Fsp3) is 0.308. The van der Waals surface area contributed by atoms with E-state index in [1.54, 1.807) is 33.4 Å². The third-order valence-electron chi connectivity index (χ3n) is 5.70. The van der Waals surface area contributed by atoms with Crippen LogP contribution in [0.15, 0.2) is 47.8 Å². The Morgan fingerprint density at radius 3 is 2.71 bits per heavy atom. The molecule has 8 heteroatoms. The second kappa shape index (κ2) is 10.2. The van der Waals surface area contributed by atoms with Crippen molar-refractivity contribution in [3.63, 3.8) is 0 Å². The van der Waals surface area contributed by atoms with Gasteiger partial charge in [0.25, 0.3) is 0 Å². The molecule has 1 fully saturated rings. The first-order valence-electron chi connectivity index (χ1n) is 11.2. The average molecular weight is 478 g/mol. The summed E-state index contributed by atoms with van der Waals surface area (Å²) in [5.41, 5.74) is 4.78. The number of ether oxygens (including phenoxy) is 1. The summed E-state index contributed by atoms with van der Waals surface area (Å²) in [6.45, 7) is 6.72. The number of nitrogens with zero attached hydrogens (tertiary/aromatic N) is 3. The van der Waals surface area contributed by atoms with E-state index in [2.05, 4.69) is 4.98 Å². The van der Waals surface area contributed by atoms with E-state index in [1.165, 1.54) is 18.3 Å². The van der Waals surface area contributed by atoms with Gasteiger partial charge in [-0.1, -0.05) is 29.8 Å². The molecule has 0 saturated carbocycles. The van der Waals surface area contributed by atoms with E-state index >= 15 is 0 Å². The summed E-state index contributed by atoms with van der Waals surface area (Å²) in [4.78, 5) is 44.8. The van der Waals surface area contributed by atoms with Crippen LogP contribution in [0.5, 0.6) is 0 Å². The number of rotatable bonds is 7. The Morgan fingerprint density at radius 2 is 2.00 bits per heavy atom. The van der Waals surface area contributed by atoms with Crippen LogP contribution in [0.2, 0.25) is 0 Å². The predicted molar refractivity (Wildman–Crippen MR) is 131 cm³/mol. The minimum absolute atomic E-state index is 0.00277. The minimum atomic E-state index is -0.457. The lowest BCUT2D eigenvalue weighted by atomic mass is 10.1. The molecule has 2 heterocycles. The van der Waals surface area contributed by atoms with Gasteiger partial charge in [0.05, 0.1) is 16.9 Å². The maximum absolute atomic E-state index is 12.6. The van der Waals surface area contributed by atoms with Gasteiger partial charge in [-0.2, -0.15) is 0 Å². The highest BCUT2D eigenvalue weighted by atomic mass is 32.1. The second-order valence-corrected chi connectivity index (χ2v) is 9.30. The Morgan fingerprint density at radius 1 is 1.18 bits per heavy atom. The van der Waals surface area contributed by atoms with Gasteiger partial charge >= 0.3 is 5.97 Å². The lowest BCUT2D eigenvalue weighted by molar-refractivity contribution is -0.128. The smallest absolute Gasteiger partial charge is 0.338 e. The molecule has 0 N–H and O–H groups in total. The largest absolute Gasteiger partial charge is 0.456 e. The van der Waals surface area contributed by atoms with E-state index in [1.807, 2.05) is 38.1 Å². The average Bonchev–Trinajstić information content (AvgIpc) is 3.43. The van der Waals surface area contributed by atoms with Crippen molar-refractivity contribution in [1.82, 2.24) is 9.88 Å². The lowest BCUT2D eigenvalue weighted by Crippen LogP contribution is -2.24. The Kier molecular flexibility index (Phi) is 7.07. The molecule has 0 unspecified atom stereocenters. The number of benzene rings is 2. The first kappa shape index (κ1) is 23.6. The van der Waals surface area contributed by atoms with Crippen molar-refractivity contribution in [1.29, 1.82) is 0 Å². The van der Waals surface area contributed by atoms with Crippen molar-refractivity contribution in [2.45, 2.75) is 46.8 Å². The van der Waals surface area contributed by atoms with Crippen molar-refractivity contribution in [3.05, 3.63) is 75.8 Å². The molecular weight excluding hydrogens is 450 g/mol. The molecule has 34 heavy (non-hydrogen) atoms. The Hall–Kier alpha value is -3.52. The van der Waals surface area contributed by atoms with Crippen molar-refractivity contribution in [3.8, 4) is 0 Å². The number of likely N-dealkylation sites (tertiary alicyclic amines) is 1. The van der Waals surface area contributed by atoms with Crippen LogP contribution in [0.25, 0.3) is 0 Å². The summed E-state index contributed by atoms with van der Waals surface area (Å²) in [6.07, 6.45) is 1.46. The maximum atomic E-state index is 12.6. The van der Waals surface area contributed by atoms with Crippen molar-refractivity contribution in [2.75, 3.05) is 11.4 Å². The number of anilines is 2. The third-order valence-corrected chi connectivity index (χ3v) is 6.57. The summed E-state index contributed by atoms with van der Waals surface area (Å²) in [7, 11) is 0. The highest BCUT2D eigenvalue weighted by molar-refractivity contribution is 7.14. The number of hydrogen-bond acceptors (Lipinski definition) is 6. The van der Waals surface area contributed by atoms with E-state index in [0.29, 0.717) is 29.4 Å². The topological polar surface area (TPSA) is 79.8 Å². The number of hydrogen-bond donors (Lipinski definition) is 0. The van der Waals surface area contributed by atoms with Gasteiger partial charge < -0.3 is 9.64 Å². The summed E-state index contributed by atoms with van der Waals surface area (Å²) in [5, 5.41) is 2.32. The molecule has 1 aliphatic rings. The molecule has 2 amide bonds. The van der Waals surface area contributed by atoms with Crippen LogP contribution in [0, 0.1) is 13.8 Å². The molecule has 176 valence electrons. The van der Waals surface area contributed by atoms with E-state index in [0.717, 1.165) is 35.3 Å². The third kappa shape index (κ3) is 5.34. The SMILES string of the molecule is CC(=O)N(c1nc(COC(=O)c2cccc(CN3CCCC3=O)c2)cs1)c1ccc(C)cc1C. The molecule has 0 bridgehead atoms. The molecule has 1 aromatic heterocycles. The molecular formula is C26H27N3O4S. The molecule has 3 aromatic rings. The van der Waals surface area contributed by atoms with Crippen molar-refractivity contribution < 1.29 is 19.1 Å². The summed E-state index contributed by atoms with van der Waals surface area (Å²) >= 11 is 1.33. The number of thiazole rings is 1. The predicted octanol–water partition coefficient (Wildman–Crippen LogP) is 4.92. The zero-order valence-corrected chi connectivity index (χ0v) is 20.4. The quantitative estimate of drug-likeness (QED) is 0.451. The molecule has 4 rings (SSSR count). The van der Waals surface area contributed by atoms with Crippen LogP contribution in [0.3, 0.4) is 0 Å². The standard InChI is InChI=1S/C26H27N3O4S/c1-17-9-10-23(18(2)12-17)29(19(3)30)26-27-22(16-34-26)15-33-25(32)21-7-4-6-20(13-21)14-28-11-5-8-24(28)31/h4,6-7,9-10,12-13,16H,5,8,11,14-15H2,1-3H3. The summed E-state index contributed by atoms with van der Waals surface area (Å²) in [6, 6.07) is 13.0. The summed E-state index contributed by atoms with van der Waals surface area (Å²) < 4.78 is 5.48. The Labute approximate surface area is 203 Å². The number of aryl methyl sites for hydroxylation is 2. The minimum Gasteiger partial charge on any atom is -0.456 e. The van der Waals surface area contributed by atoms with Crippen LogP contribution in [0.1, 0.15) is 52.5 Å². The number of carbonyl (C=O) groups excluding carboxylic acids is 3. The van der Waals surface area contributed by atoms with Gasteiger partial charge in [-0.25, -0.2) is 9.78 Å². The zero-order chi connectivity index (χ0) is 24.2. The van der Waals surface area contributed by atoms with Gasteiger partial charge in [0.1, 0.15) is 6.61 Å². The van der Waals surface area contributed by atoms with Gasteiger partial charge in [-0.3, -0.25) is 14.5 Å². The Balaban J connectivity index is 1.42. The molecule has 1 saturated heterocycles. The van der Waals surface area contributed by atoms with E-state index in [9.17, 15) is 14.4 Å². The molecule has 0 radical (unpaired) electrons. The molecule has 0 spiro atoms. The molecule has 7 nitrogen and oxygen atoms in total. The van der Waals surface area contributed by atoms with Crippen molar-refractivity contribution in [2.24, 2.45) is 0 Å². The van der Waals surface area contributed by atoms with Crippen LogP contribution in [0.4, 0.5) is 10.8 Å². The van der Waals surface area contributed by atoms with Gasteiger partial charge in [-0.05, 0) is 49.6 Å². The van der Waals surface area contributed by atoms with E-state index in [-0.39, 0.29) is 18.4 Å². The van der Waals surface area contributed by atoms with Crippen molar-refractivity contribution >= 4 is 39.9 Å². The molecule has 1 aliphatic heterocycles. The number of amides is 2. The first-order chi connectivity index (χ1) is 16.3. The van der Waals surface area contributed by atoms with Gasteiger partial charge in [0.15, 0.2) is 5.13 Å². The Bertz CT molecular complexity index is 1240. The molecule has 0 atom stereocenters. The van der Waals surface area contributed by atoms with Gasteiger partial charge in [0, 0.05) is 31.8 Å². The molecule has 0 aliphatic carbocycles. The highest BCUT2D eigenvalue weighted by Gasteiger charge is 2.22. The van der Waals surface area contributed by atoms with E-state index < -0.39 is 5.97 Å². The van der Waals surface area contributed by atoms with Gasteiger partial charge in [0.2, 0.25) is 11.8 Å². The number of aromatic nitrogens is 1. The molecule has 2 aromatic carbocycles. The van der Waals surface area contributed by atoms with E-state index in [4.69, 9.17) is 4.74 Å². The van der Waals surface area contributed by atoms with Crippen LogP contribution >= 0.6 is 11.3 Å². The summed E-state index contributed by atoms with van der Waals surface area (Å²) in [5.74, 6) is -0.451. The monoisotopic (exact) mass is 477 g/mol. The first-order valence-corrected chi connectivity index (χ1v) is 12.1. The fourth-order valence-electron chi connectivity index (χ4n) is 4.04. The number of carbonyl (C=O) groups is 3. The number of esters is 1. The fourth-order valence-corrected chi connectivity index (χ4v) is 4.90. The highest BCUT2D eigenvalue weighted by Crippen LogP contribution is 2.32. The maximum Gasteiger partial charge on any atom is 0.338 e.